The zero-order valence-electron chi connectivity index (χ0n) is 13.9. The van der Waals surface area contributed by atoms with Crippen molar-refractivity contribution in [3.8, 4) is 0 Å². The Kier molecular flexibility index (Phi) is 7.53. The molecule has 1 saturated heterocycles. The number of carbonyl (C=O) groups is 3. The number of hydrogen-bond donors (Lipinski definition) is 2. The smallest absolute Gasteiger partial charge is 0.407 e. The van der Waals surface area contributed by atoms with Gasteiger partial charge in [-0.15, -0.1) is 11.6 Å². The molecule has 0 spiro atoms. The van der Waals surface area contributed by atoms with Crippen molar-refractivity contribution < 1.29 is 19.1 Å². The van der Waals surface area contributed by atoms with Crippen LogP contribution in [0.15, 0.2) is 30.3 Å². The molecule has 0 bridgehead atoms. The molecule has 1 unspecified atom stereocenters. The van der Waals surface area contributed by atoms with Crippen LogP contribution in [-0.2, 0) is 20.9 Å². The molecule has 1 aromatic rings. The van der Waals surface area contributed by atoms with Gasteiger partial charge < -0.3 is 20.3 Å². The minimum atomic E-state index is -0.569. The lowest BCUT2D eigenvalue weighted by Gasteiger charge is -2.16. The number of alkyl halides is 1. The Bertz CT molecular complexity index is 597. The Morgan fingerprint density at radius 1 is 1.20 bits per heavy atom. The number of carbonyl (C=O) groups excluding carboxylic acids is 3. The van der Waals surface area contributed by atoms with E-state index in [4.69, 9.17) is 16.3 Å². The summed E-state index contributed by atoms with van der Waals surface area (Å²) in [6.07, 6.45) is -0.357. The van der Waals surface area contributed by atoms with Gasteiger partial charge in [0.25, 0.3) is 0 Å². The van der Waals surface area contributed by atoms with Gasteiger partial charge in [-0.05, 0) is 5.56 Å². The van der Waals surface area contributed by atoms with Crippen LogP contribution in [0.3, 0.4) is 0 Å². The van der Waals surface area contributed by atoms with Gasteiger partial charge in [0, 0.05) is 32.6 Å². The first-order valence-electron chi connectivity index (χ1n) is 8.16. The molecule has 1 fully saturated rings. The molecule has 1 aliphatic heterocycles. The van der Waals surface area contributed by atoms with Crippen LogP contribution >= 0.6 is 11.6 Å². The van der Waals surface area contributed by atoms with Crippen LogP contribution < -0.4 is 10.6 Å². The van der Waals surface area contributed by atoms with Gasteiger partial charge in [0.15, 0.2) is 0 Å². The van der Waals surface area contributed by atoms with E-state index in [2.05, 4.69) is 10.6 Å². The summed E-state index contributed by atoms with van der Waals surface area (Å²) in [4.78, 5) is 37.1. The third-order valence-electron chi connectivity index (χ3n) is 3.81. The van der Waals surface area contributed by atoms with Crippen molar-refractivity contribution in [2.24, 2.45) is 5.92 Å². The largest absolute Gasteiger partial charge is 0.448 e. The summed E-state index contributed by atoms with van der Waals surface area (Å²) in [6, 6.07) is 9.67. The number of rotatable bonds is 8. The van der Waals surface area contributed by atoms with E-state index in [0.717, 1.165) is 5.56 Å². The van der Waals surface area contributed by atoms with Crippen LogP contribution in [0.25, 0.3) is 0 Å². The SMILES string of the molecule is O=C(NCCNC(=O)C1CC(=O)N(Cc2ccccc2)C1)OCCCl. The number of alkyl carbamates (subject to hydrolysis) is 1. The molecule has 7 nitrogen and oxygen atoms in total. The van der Waals surface area contributed by atoms with Crippen LogP contribution in [0.5, 0.6) is 0 Å². The Morgan fingerprint density at radius 3 is 2.64 bits per heavy atom. The predicted molar refractivity (Wildman–Crippen MR) is 93.0 cm³/mol. The fraction of sp³-hybridized carbons (Fsp3) is 0.471. The number of benzene rings is 1. The van der Waals surface area contributed by atoms with Crippen LogP contribution in [0.2, 0.25) is 0 Å². The fourth-order valence-corrected chi connectivity index (χ4v) is 2.66. The second kappa shape index (κ2) is 9.88. The minimum absolute atomic E-state index is 0.0215. The third-order valence-corrected chi connectivity index (χ3v) is 3.96. The molecule has 0 saturated carbocycles. The number of nitrogens with one attached hydrogen (secondary N) is 2. The van der Waals surface area contributed by atoms with Crippen LogP contribution in [0, 0.1) is 5.92 Å². The quantitative estimate of drug-likeness (QED) is 0.532. The first-order valence-corrected chi connectivity index (χ1v) is 8.69. The van der Waals surface area contributed by atoms with Gasteiger partial charge in [0.05, 0.1) is 11.8 Å². The van der Waals surface area contributed by atoms with Crippen molar-refractivity contribution in [1.82, 2.24) is 15.5 Å². The standard InChI is InChI=1S/C17H22ClN3O4/c18-6-9-25-17(24)20-8-7-19-16(23)14-10-15(22)21(12-14)11-13-4-2-1-3-5-13/h1-5,14H,6-12H2,(H,19,23)(H,20,24). The maximum atomic E-state index is 12.2. The molecule has 25 heavy (non-hydrogen) atoms. The van der Waals surface area contributed by atoms with Crippen molar-refractivity contribution in [3.63, 3.8) is 0 Å². The summed E-state index contributed by atoms with van der Waals surface area (Å²) >= 11 is 5.40. The van der Waals surface area contributed by atoms with Gasteiger partial charge in [-0.2, -0.15) is 0 Å². The molecule has 0 radical (unpaired) electrons. The molecular weight excluding hydrogens is 346 g/mol. The average molecular weight is 368 g/mol. The second-order valence-electron chi connectivity index (χ2n) is 5.70. The number of halogens is 1. The van der Waals surface area contributed by atoms with Crippen LogP contribution in [-0.4, -0.2) is 54.9 Å². The molecule has 2 N–H and O–H groups in total. The van der Waals surface area contributed by atoms with E-state index in [0.29, 0.717) is 13.1 Å². The Hall–Kier alpha value is -2.28. The molecule has 1 aliphatic rings. The highest BCUT2D eigenvalue weighted by atomic mass is 35.5. The van der Waals surface area contributed by atoms with E-state index in [9.17, 15) is 14.4 Å². The number of ether oxygens (including phenoxy) is 1. The monoisotopic (exact) mass is 367 g/mol. The first-order chi connectivity index (χ1) is 12.1. The highest BCUT2D eigenvalue weighted by Crippen LogP contribution is 2.20. The fourth-order valence-electron chi connectivity index (χ4n) is 2.58. The van der Waals surface area contributed by atoms with Gasteiger partial charge in [-0.3, -0.25) is 9.59 Å². The average Bonchev–Trinajstić information content (AvgIpc) is 2.98. The Labute approximate surface area is 151 Å². The minimum Gasteiger partial charge on any atom is -0.448 e. The van der Waals surface area contributed by atoms with Gasteiger partial charge in [-0.25, -0.2) is 4.79 Å². The maximum absolute atomic E-state index is 12.2. The van der Waals surface area contributed by atoms with Crippen LogP contribution in [0.4, 0.5) is 4.79 Å². The molecule has 8 heteroatoms. The molecule has 136 valence electrons. The highest BCUT2D eigenvalue weighted by Gasteiger charge is 2.33. The summed E-state index contributed by atoms with van der Waals surface area (Å²) in [5, 5.41) is 5.23. The molecule has 3 amide bonds. The molecule has 2 rings (SSSR count). The van der Waals surface area contributed by atoms with Gasteiger partial charge in [0.1, 0.15) is 6.61 Å². The maximum Gasteiger partial charge on any atom is 0.407 e. The summed E-state index contributed by atoms with van der Waals surface area (Å²) in [5.41, 5.74) is 1.04. The Morgan fingerprint density at radius 2 is 1.92 bits per heavy atom. The van der Waals surface area contributed by atoms with Crippen molar-refractivity contribution in [3.05, 3.63) is 35.9 Å². The number of likely N-dealkylation sites (tertiary alicyclic amines) is 1. The molecule has 1 aromatic carbocycles. The summed E-state index contributed by atoms with van der Waals surface area (Å²) in [7, 11) is 0. The zero-order valence-corrected chi connectivity index (χ0v) is 14.6. The van der Waals surface area contributed by atoms with Crippen molar-refractivity contribution in [2.75, 3.05) is 32.1 Å². The molecule has 1 heterocycles. The summed E-state index contributed by atoms with van der Waals surface area (Å²) in [5.74, 6) is -0.328. The van der Waals surface area contributed by atoms with E-state index in [1.165, 1.54) is 0 Å². The van der Waals surface area contributed by atoms with Gasteiger partial charge >= 0.3 is 6.09 Å². The van der Waals surface area contributed by atoms with E-state index >= 15 is 0 Å². The van der Waals surface area contributed by atoms with Crippen molar-refractivity contribution >= 4 is 29.5 Å². The second-order valence-corrected chi connectivity index (χ2v) is 6.08. The molecule has 1 atom stereocenters. The lowest BCUT2D eigenvalue weighted by molar-refractivity contribution is -0.129. The topological polar surface area (TPSA) is 87.7 Å². The number of hydrogen-bond acceptors (Lipinski definition) is 4. The molecule has 0 aliphatic carbocycles. The number of amides is 3. The van der Waals surface area contributed by atoms with E-state index in [1.807, 2.05) is 30.3 Å². The van der Waals surface area contributed by atoms with Crippen molar-refractivity contribution in [2.45, 2.75) is 13.0 Å². The highest BCUT2D eigenvalue weighted by molar-refractivity contribution is 6.18. The van der Waals surface area contributed by atoms with E-state index < -0.39 is 6.09 Å². The first kappa shape index (κ1) is 19.1. The summed E-state index contributed by atoms with van der Waals surface area (Å²) < 4.78 is 4.74. The lowest BCUT2D eigenvalue weighted by Crippen LogP contribution is -2.38. The lowest BCUT2D eigenvalue weighted by atomic mass is 10.1. The Balaban J connectivity index is 1.68. The molecule has 0 aromatic heterocycles. The van der Waals surface area contributed by atoms with E-state index in [1.54, 1.807) is 4.90 Å². The predicted octanol–water partition coefficient (Wildman–Crippen LogP) is 1.12. The van der Waals surface area contributed by atoms with Crippen LogP contribution in [0.1, 0.15) is 12.0 Å². The molecular formula is C17H22ClN3O4. The normalized spacial score (nSPS) is 16.6. The van der Waals surface area contributed by atoms with E-state index in [-0.39, 0.29) is 49.7 Å². The van der Waals surface area contributed by atoms with Gasteiger partial charge in [0.2, 0.25) is 11.8 Å². The van der Waals surface area contributed by atoms with Crippen molar-refractivity contribution in [1.29, 1.82) is 0 Å². The number of nitrogens with zero attached hydrogens (tertiary/aromatic N) is 1. The summed E-state index contributed by atoms with van der Waals surface area (Å²) in [6.45, 7) is 1.59. The zero-order chi connectivity index (χ0) is 18.1. The third kappa shape index (κ3) is 6.26. The van der Waals surface area contributed by atoms with Gasteiger partial charge in [-0.1, -0.05) is 30.3 Å².